The fourth-order valence-electron chi connectivity index (χ4n) is 2.57. The molecule has 2 N–H and O–H groups in total. The molecule has 2 aliphatic rings. The second-order valence-corrected chi connectivity index (χ2v) is 6.14. The van der Waals surface area contributed by atoms with Gasteiger partial charge in [0.2, 0.25) is 5.91 Å². The van der Waals surface area contributed by atoms with Crippen molar-refractivity contribution in [3.63, 3.8) is 0 Å². The minimum atomic E-state index is -0.945. The summed E-state index contributed by atoms with van der Waals surface area (Å²) in [6.07, 6.45) is 4.22. The fourth-order valence-corrected chi connectivity index (χ4v) is 3.53. The average molecular weight is 287 g/mol. The van der Waals surface area contributed by atoms with Crippen molar-refractivity contribution >= 4 is 28.9 Å². The van der Waals surface area contributed by atoms with E-state index in [-0.39, 0.29) is 29.1 Å². The molecule has 1 atom stereocenters. The van der Waals surface area contributed by atoms with Gasteiger partial charge in [-0.15, -0.1) is 0 Å². The van der Waals surface area contributed by atoms with Crippen LogP contribution < -0.4 is 5.32 Å². The molecule has 1 unspecified atom stereocenters. The van der Waals surface area contributed by atoms with Gasteiger partial charge in [0.1, 0.15) is 6.61 Å². The number of carboxylic acids is 1. The van der Waals surface area contributed by atoms with Crippen LogP contribution in [-0.4, -0.2) is 40.2 Å². The van der Waals surface area contributed by atoms with Gasteiger partial charge in [0.15, 0.2) is 0 Å². The topological polar surface area (TPSA) is 92.7 Å². The molecule has 1 aliphatic carbocycles. The summed E-state index contributed by atoms with van der Waals surface area (Å²) >= 11 is 1.07. The van der Waals surface area contributed by atoms with Crippen LogP contribution in [0.25, 0.3) is 0 Å². The molecule has 1 saturated heterocycles. The van der Waals surface area contributed by atoms with Crippen LogP contribution in [-0.2, 0) is 14.3 Å². The first-order valence-electron chi connectivity index (χ1n) is 6.39. The van der Waals surface area contributed by atoms with Crippen LogP contribution in [0, 0.1) is 5.92 Å². The predicted molar refractivity (Wildman–Crippen MR) is 68.9 cm³/mol. The minimum absolute atomic E-state index is 0.0130. The number of hydrogen-bond acceptors (Lipinski definition) is 5. The number of carbonyl (C=O) groups excluding carboxylic acids is 2. The molecule has 106 valence electrons. The van der Waals surface area contributed by atoms with Gasteiger partial charge in [-0.25, -0.2) is 4.79 Å². The van der Waals surface area contributed by atoms with Crippen LogP contribution in [0.2, 0.25) is 0 Å². The lowest BCUT2D eigenvalue weighted by atomic mass is 9.84. The summed E-state index contributed by atoms with van der Waals surface area (Å²) in [5.74, 6) is -0.710. The normalized spacial score (nSPS) is 31.3. The van der Waals surface area contributed by atoms with Crippen molar-refractivity contribution in [3.8, 4) is 0 Å². The zero-order valence-electron chi connectivity index (χ0n) is 10.5. The Balaban J connectivity index is 1.70. The van der Waals surface area contributed by atoms with E-state index in [1.165, 1.54) is 0 Å². The smallest absolute Gasteiger partial charge is 0.329 e. The second-order valence-electron chi connectivity index (χ2n) is 4.97. The predicted octanol–water partition coefficient (Wildman–Crippen LogP) is 1.39. The number of carbonyl (C=O) groups is 3. The molecule has 1 aliphatic heterocycles. The number of thioether (sulfide) groups is 1. The zero-order valence-corrected chi connectivity index (χ0v) is 11.3. The van der Waals surface area contributed by atoms with Crippen molar-refractivity contribution in [1.29, 1.82) is 0 Å². The maximum Gasteiger partial charge on any atom is 0.329 e. The summed E-state index contributed by atoms with van der Waals surface area (Å²) in [6.45, 7) is -0.245. The molecule has 0 aromatic carbocycles. The highest BCUT2D eigenvalue weighted by molar-refractivity contribution is 8.15. The fraction of sp³-hybridized carbons (Fsp3) is 0.750. The molecule has 2 rings (SSSR count). The third-order valence-corrected chi connectivity index (χ3v) is 4.56. The van der Waals surface area contributed by atoms with E-state index in [4.69, 9.17) is 9.84 Å². The van der Waals surface area contributed by atoms with Gasteiger partial charge in [0, 0.05) is 0 Å². The van der Waals surface area contributed by atoms with E-state index in [0.29, 0.717) is 12.3 Å². The highest BCUT2D eigenvalue weighted by atomic mass is 32.2. The van der Waals surface area contributed by atoms with E-state index in [1.54, 1.807) is 0 Å². The van der Waals surface area contributed by atoms with Gasteiger partial charge in [-0.3, -0.25) is 14.9 Å². The summed E-state index contributed by atoms with van der Waals surface area (Å²) in [7, 11) is 0. The quantitative estimate of drug-likeness (QED) is 0.793. The van der Waals surface area contributed by atoms with Gasteiger partial charge in [0.25, 0.3) is 5.24 Å². The zero-order chi connectivity index (χ0) is 13.8. The lowest BCUT2D eigenvalue weighted by molar-refractivity contribution is -0.145. The molecule has 0 bridgehead atoms. The summed E-state index contributed by atoms with van der Waals surface area (Å²) in [4.78, 5) is 32.9. The first kappa shape index (κ1) is 14.3. The van der Waals surface area contributed by atoms with Crippen molar-refractivity contribution in [3.05, 3.63) is 0 Å². The Morgan fingerprint density at radius 3 is 2.53 bits per heavy atom. The summed E-state index contributed by atoms with van der Waals surface area (Å²) in [5.41, 5.74) is 0. The van der Waals surface area contributed by atoms with E-state index in [2.05, 4.69) is 5.32 Å². The van der Waals surface area contributed by atoms with Gasteiger partial charge in [-0.1, -0.05) is 11.8 Å². The summed E-state index contributed by atoms with van der Waals surface area (Å²) in [6, 6.07) is 0. The Morgan fingerprint density at radius 2 is 2.00 bits per heavy atom. The molecule has 6 nitrogen and oxygen atoms in total. The van der Waals surface area contributed by atoms with Gasteiger partial charge < -0.3 is 9.84 Å². The third-order valence-electron chi connectivity index (χ3n) is 3.55. The second kappa shape index (κ2) is 6.38. The summed E-state index contributed by atoms with van der Waals surface area (Å²) < 4.78 is 5.26. The number of imide groups is 1. The maximum absolute atomic E-state index is 11.5. The summed E-state index contributed by atoms with van der Waals surface area (Å²) in [5, 5.41) is 10.3. The molecule has 0 radical (unpaired) electrons. The maximum atomic E-state index is 11.5. The van der Waals surface area contributed by atoms with E-state index < -0.39 is 5.97 Å². The molecule has 1 saturated carbocycles. The first-order chi connectivity index (χ1) is 9.04. The van der Waals surface area contributed by atoms with Crippen LogP contribution >= 0.6 is 11.8 Å². The number of rotatable bonds is 5. The highest BCUT2D eigenvalue weighted by Gasteiger charge is 2.34. The number of nitrogens with one attached hydrogen (secondary N) is 1. The largest absolute Gasteiger partial charge is 0.480 e. The number of hydrogen-bond donors (Lipinski definition) is 2. The molecule has 0 spiro atoms. The highest BCUT2D eigenvalue weighted by Crippen LogP contribution is 2.34. The number of aliphatic carboxylic acids is 1. The Hall–Kier alpha value is -1.08. The molecule has 2 amide bonds. The van der Waals surface area contributed by atoms with E-state index in [9.17, 15) is 14.4 Å². The monoisotopic (exact) mass is 287 g/mol. The van der Waals surface area contributed by atoms with Crippen LogP contribution in [0.15, 0.2) is 0 Å². The molecule has 7 heteroatoms. The Morgan fingerprint density at radius 1 is 1.32 bits per heavy atom. The number of ether oxygens (including phenoxy) is 1. The minimum Gasteiger partial charge on any atom is -0.480 e. The van der Waals surface area contributed by atoms with Crippen molar-refractivity contribution in [2.75, 3.05) is 6.61 Å². The van der Waals surface area contributed by atoms with Crippen molar-refractivity contribution in [1.82, 2.24) is 5.32 Å². The van der Waals surface area contributed by atoms with Crippen molar-refractivity contribution in [2.24, 2.45) is 5.92 Å². The SMILES string of the molecule is O=C(O)COC1CCC(CC2SC(=O)NC2=O)CC1. The average Bonchev–Trinajstić information content (AvgIpc) is 2.67. The number of carboxylic acid groups (broad SMARTS) is 1. The van der Waals surface area contributed by atoms with Gasteiger partial charge in [-0.05, 0) is 38.0 Å². The van der Waals surface area contributed by atoms with Gasteiger partial charge >= 0.3 is 5.97 Å². The van der Waals surface area contributed by atoms with E-state index in [1.807, 2.05) is 0 Å². The lowest BCUT2D eigenvalue weighted by Gasteiger charge is -2.28. The molecule has 1 heterocycles. The Kier molecular flexibility index (Phi) is 4.81. The van der Waals surface area contributed by atoms with Crippen LogP contribution in [0.3, 0.4) is 0 Å². The molecule has 0 aromatic rings. The van der Waals surface area contributed by atoms with Gasteiger partial charge in [-0.2, -0.15) is 0 Å². The van der Waals surface area contributed by atoms with Crippen LogP contribution in [0.4, 0.5) is 4.79 Å². The third kappa shape index (κ3) is 4.21. The lowest BCUT2D eigenvalue weighted by Crippen LogP contribution is -2.29. The molecule has 0 aromatic heterocycles. The standard InChI is InChI=1S/C12H17NO5S/c14-10(15)6-18-8-3-1-7(2-4-8)5-9-11(16)13-12(17)19-9/h7-9H,1-6H2,(H,14,15)(H,13,16,17). The van der Waals surface area contributed by atoms with E-state index in [0.717, 1.165) is 37.4 Å². The Labute approximate surface area is 115 Å². The van der Waals surface area contributed by atoms with Gasteiger partial charge in [0.05, 0.1) is 11.4 Å². The van der Waals surface area contributed by atoms with Crippen molar-refractivity contribution < 1.29 is 24.2 Å². The van der Waals surface area contributed by atoms with Crippen LogP contribution in [0.5, 0.6) is 0 Å². The Bertz CT molecular complexity index is 378. The molecule has 19 heavy (non-hydrogen) atoms. The van der Waals surface area contributed by atoms with E-state index >= 15 is 0 Å². The number of amides is 2. The molecular weight excluding hydrogens is 270 g/mol. The van der Waals surface area contributed by atoms with Crippen molar-refractivity contribution in [2.45, 2.75) is 43.5 Å². The molecular formula is C12H17NO5S. The first-order valence-corrected chi connectivity index (χ1v) is 7.27. The molecule has 2 fully saturated rings. The van der Waals surface area contributed by atoms with Crippen LogP contribution in [0.1, 0.15) is 32.1 Å².